The average Bonchev–Trinajstić information content (AvgIpc) is 3.11. The molecule has 1 aliphatic rings. The minimum Gasteiger partial charge on any atom is -0.340 e. The standard InChI is InChI=1S/C12H18N4O3/c1-8(10(17)14-19)16(3)11(18)12(4-5-12)9-6-15(2)7-13-9/h6-8,19H,4-5H2,1-3H3,(H,14,17). The Bertz CT molecular complexity index is 507. The molecule has 1 aromatic rings. The van der Waals surface area contributed by atoms with Crippen LogP contribution in [0.5, 0.6) is 0 Å². The number of hydroxylamine groups is 1. The van der Waals surface area contributed by atoms with Gasteiger partial charge in [-0.05, 0) is 19.8 Å². The maximum Gasteiger partial charge on any atom is 0.265 e. The second-order valence-electron chi connectivity index (χ2n) is 5.07. The largest absolute Gasteiger partial charge is 0.340 e. The molecule has 1 fully saturated rings. The molecule has 1 aromatic heterocycles. The van der Waals surface area contributed by atoms with Crippen LogP contribution in [0.1, 0.15) is 25.5 Å². The smallest absolute Gasteiger partial charge is 0.265 e. The second-order valence-corrected chi connectivity index (χ2v) is 5.07. The highest BCUT2D eigenvalue weighted by atomic mass is 16.5. The summed E-state index contributed by atoms with van der Waals surface area (Å²) in [6.45, 7) is 1.57. The Labute approximate surface area is 111 Å². The van der Waals surface area contributed by atoms with Gasteiger partial charge in [0.1, 0.15) is 6.04 Å². The van der Waals surface area contributed by atoms with E-state index in [0.717, 1.165) is 18.5 Å². The van der Waals surface area contributed by atoms with Gasteiger partial charge in [0, 0.05) is 20.3 Å². The molecule has 0 saturated heterocycles. The van der Waals surface area contributed by atoms with Gasteiger partial charge < -0.3 is 9.47 Å². The van der Waals surface area contributed by atoms with Gasteiger partial charge in [-0.15, -0.1) is 0 Å². The summed E-state index contributed by atoms with van der Waals surface area (Å²) in [5.74, 6) is -0.741. The van der Waals surface area contributed by atoms with Crippen LogP contribution < -0.4 is 5.48 Å². The number of nitrogens with zero attached hydrogens (tertiary/aromatic N) is 3. The molecule has 0 aliphatic heterocycles. The van der Waals surface area contributed by atoms with Gasteiger partial charge in [0.15, 0.2) is 0 Å². The van der Waals surface area contributed by atoms with Crippen molar-refractivity contribution < 1.29 is 14.8 Å². The van der Waals surface area contributed by atoms with E-state index in [4.69, 9.17) is 5.21 Å². The van der Waals surface area contributed by atoms with Crippen LogP contribution in [-0.2, 0) is 22.1 Å². The lowest BCUT2D eigenvalue weighted by atomic mass is 10.0. The molecule has 1 heterocycles. The van der Waals surface area contributed by atoms with Gasteiger partial charge in [-0.2, -0.15) is 0 Å². The Morgan fingerprint density at radius 2 is 2.21 bits per heavy atom. The first-order valence-electron chi connectivity index (χ1n) is 6.12. The van der Waals surface area contributed by atoms with Gasteiger partial charge in [0.05, 0.1) is 17.4 Å². The molecular formula is C12H18N4O3. The predicted octanol–water partition coefficient (Wildman–Crippen LogP) is -0.196. The number of rotatable bonds is 4. The number of carbonyl (C=O) groups is 2. The van der Waals surface area contributed by atoms with Crippen molar-refractivity contribution in [3.63, 3.8) is 0 Å². The van der Waals surface area contributed by atoms with Crippen molar-refractivity contribution in [3.05, 3.63) is 18.2 Å². The quantitative estimate of drug-likeness (QED) is 0.584. The lowest BCUT2D eigenvalue weighted by Gasteiger charge is -2.27. The molecule has 0 radical (unpaired) electrons. The predicted molar refractivity (Wildman–Crippen MR) is 66.3 cm³/mol. The number of nitrogens with one attached hydrogen (secondary N) is 1. The van der Waals surface area contributed by atoms with E-state index in [1.54, 1.807) is 30.3 Å². The summed E-state index contributed by atoms with van der Waals surface area (Å²) in [7, 11) is 3.41. The first kappa shape index (κ1) is 13.5. The van der Waals surface area contributed by atoms with Gasteiger partial charge in [-0.25, -0.2) is 10.5 Å². The van der Waals surface area contributed by atoms with E-state index in [1.807, 2.05) is 13.2 Å². The number of hydrogen-bond donors (Lipinski definition) is 2. The third-order valence-corrected chi connectivity index (χ3v) is 3.75. The fourth-order valence-electron chi connectivity index (χ4n) is 2.15. The number of imidazole rings is 1. The van der Waals surface area contributed by atoms with E-state index in [9.17, 15) is 9.59 Å². The van der Waals surface area contributed by atoms with E-state index in [2.05, 4.69) is 4.98 Å². The van der Waals surface area contributed by atoms with E-state index in [-0.39, 0.29) is 5.91 Å². The summed E-state index contributed by atoms with van der Waals surface area (Å²) in [4.78, 5) is 29.5. The van der Waals surface area contributed by atoms with Gasteiger partial charge in [-0.1, -0.05) is 0 Å². The molecule has 104 valence electrons. The lowest BCUT2D eigenvalue weighted by molar-refractivity contribution is -0.143. The lowest BCUT2D eigenvalue weighted by Crippen LogP contribution is -2.48. The van der Waals surface area contributed by atoms with Crippen molar-refractivity contribution in [3.8, 4) is 0 Å². The first-order chi connectivity index (χ1) is 8.92. The van der Waals surface area contributed by atoms with Crippen LogP contribution in [0.4, 0.5) is 0 Å². The molecule has 7 heteroatoms. The Balaban J connectivity index is 2.18. The van der Waals surface area contributed by atoms with Crippen LogP contribution in [0.15, 0.2) is 12.5 Å². The molecule has 19 heavy (non-hydrogen) atoms. The SMILES string of the molecule is CC(C(=O)NO)N(C)C(=O)C1(c2cn(C)cn2)CC1. The summed E-state index contributed by atoms with van der Waals surface area (Å²) in [5, 5.41) is 8.62. The molecule has 0 bridgehead atoms. The molecular weight excluding hydrogens is 248 g/mol. The Kier molecular flexibility index (Phi) is 3.32. The molecule has 1 aliphatic carbocycles. The number of hydrogen-bond acceptors (Lipinski definition) is 4. The summed E-state index contributed by atoms with van der Waals surface area (Å²) in [5.41, 5.74) is 1.71. The van der Waals surface area contributed by atoms with Gasteiger partial charge >= 0.3 is 0 Å². The van der Waals surface area contributed by atoms with Crippen LogP contribution in [0.2, 0.25) is 0 Å². The minimum atomic E-state index is -0.723. The molecule has 2 amide bonds. The zero-order valence-corrected chi connectivity index (χ0v) is 11.3. The Hall–Kier alpha value is -1.89. The summed E-state index contributed by atoms with van der Waals surface area (Å²) < 4.78 is 1.80. The molecule has 1 atom stereocenters. The van der Waals surface area contributed by atoms with Crippen LogP contribution in [0.25, 0.3) is 0 Å². The number of amides is 2. The third kappa shape index (κ3) is 2.21. The van der Waals surface area contributed by atoms with Crippen molar-refractivity contribution >= 4 is 11.8 Å². The summed E-state index contributed by atoms with van der Waals surface area (Å²) in [6.07, 6.45) is 4.96. The van der Waals surface area contributed by atoms with Gasteiger partial charge in [0.25, 0.3) is 5.91 Å². The fraction of sp³-hybridized carbons (Fsp3) is 0.583. The molecule has 2 rings (SSSR count). The minimum absolute atomic E-state index is 0.137. The summed E-state index contributed by atoms with van der Waals surface area (Å²) in [6, 6.07) is -0.723. The highest BCUT2D eigenvalue weighted by Crippen LogP contribution is 2.48. The van der Waals surface area contributed by atoms with Gasteiger partial charge in [0.2, 0.25) is 5.91 Å². The second kappa shape index (κ2) is 4.65. The van der Waals surface area contributed by atoms with E-state index in [1.165, 1.54) is 4.90 Å². The van der Waals surface area contributed by atoms with E-state index in [0.29, 0.717) is 0 Å². The van der Waals surface area contributed by atoms with Gasteiger partial charge in [-0.3, -0.25) is 14.8 Å². The van der Waals surface area contributed by atoms with Crippen LogP contribution in [0, 0.1) is 0 Å². The maximum absolute atomic E-state index is 12.5. The maximum atomic E-state index is 12.5. The highest BCUT2D eigenvalue weighted by Gasteiger charge is 2.55. The van der Waals surface area contributed by atoms with Crippen molar-refractivity contribution in [2.75, 3.05) is 7.05 Å². The zero-order valence-electron chi connectivity index (χ0n) is 11.3. The van der Waals surface area contributed by atoms with Crippen molar-refractivity contribution in [2.24, 2.45) is 7.05 Å². The number of carbonyl (C=O) groups excluding carboxylic acids is 2. The number of aromatic nitrogens is 2. The molecule has 1 saturated carbocycles. The van der Waals surface area contributed by atoms with Crippen LogP contribution in [-0.4, -0.2) is 44.6 Å². The topological polar surface area (TPSA) is 87.5 Å². The van der Waals surface area contributed by atoms with Crippen molar-refractivity contribution in [2.45, 2.75) is 31.2 Å². The molecule has 1 unspecified atom stereocenters. The highest BCUT2D eigenvalue weighted by molar-refractivity contribution is 5.94. The third-order valence-electron chi connectivity index (χ3n) is 3.75. The molecule has 0 aromatic carbocycles. The Morgan fingerprint density at radius 3 is 2.63 bits per heavy atom. The van der Waals surface area contributed by atoms with E-state index < -0.39 is 17.4 Å². The van der Waals surface area contributed by atoms with Crippen molar-refractivity contribution in [1.82, 2.24) is 19.9 Å². The molecule has 7 nitrogen and oxygen atoms in total. The van der Waals surface area contributed by atoms with Crippen LogP contribution in [0.3, 0.4) is 0 Å². The monoisotopic (exact) mass is 266 g/mol. The first-order valence-corrected chi connectivity index (χ1v) is 6.12. The number of likely N-dealkylation sites (N-methyl/N-ethyl adjacent to an activating group) is 1. The fourth-order valence-corrected chi connectivity index (χ4v) is 2.15. The summed E-state index contributed by atoms with van der Waals surface area (Å²) >= 11 is 0. The average molecular weight is 266 g/mol. The zero-order chi connectivity index (χ0) is 14.2. The molecule has 2 N–H and O–H groups in total. The molecule has 0 spiro atoms. The van der Waals surface area contributed by atoms with Crippen molar-refractivity contribution in [1.29, 1.82) is 0 Å². The Morgan fingerprint density at radius 1 is 1.58 bits per heavy atom. The number of aryl methyl sites for hydroxylation is 1. The van der Waals surface area contributed by atoms with Crippen LogP contribution >= 0.6 is 0 Å². The normalized spacial score (nSPS) is 17.7. The van der Waals surface area contributed by atoms with E-state index >= 15 is 0 Å².